The van der Waals surface area contributed by atoms with E-state index in [1.165, 1.54) is 37.5 Å². The average molecular weight is 415 g/mol. The quantitative estimate of drug-likeness (QED) is 0.686. The molecule has 2 aromatic rings. The minimum absolute atomic E-state index is 0.0570. The topological polar surface area (TPSA) is 88.4 Å². The Labute approximate surface area is 171 Å². The van der Waals surface area contributed by atoms with Crippen molar-refractivity contribution in [2.45, 2.75) is 6.92 Å². The minimum atomic E-state index is -0.741. The highest BCUT2D eigenvalue weighted by molar-refractivity contribution is 8.18. The molecule has 1 aliphatic heterocycles. The van der Waals surface area contributed by atoms with Crippen LogP contribution in [0.3, 0.4) is 0 Å². The van der Waals surface area contributed by atoms with Crippen LogP contribution in [0.5, 0.6) is 11.5 Å². The normalized spacial score (nSPS) is 16.5. The number of ether oxygens (including phenoxy) is 2. The van der Waals surface area contributed by atoms with E-state index in [1.807, 2.05) is 0 Å². The van der Waals surface area contributed by atoms with Crippen LogP contribution in [0, 0.1) is 5.82 Å². The third kappa shape index (κ3) is 4.60. The molecule has 0 atom stereocenters. The molecule has 0 amide bonds. The lowest BCUT2D eigenvalue weighted by Gasteiger charge is -2.04. The number of thioether (sulfide) groups is 1. The molecule has 8 heteroatoms. The molecule has 0 fully saturated rings. The largest absolute Gasteiger partial charge is 0.507 e. The van der Waals surface area contributed by atoms with Gasteiger partial charge in [0.15, 0.2) is 0 Å². The fourth-order valence-corrected chi connectivity index (χ4v) is 3.59. The van der Waals surface area contributed by atoms with Gasteiger partial charge in [-0.3, -0.25) is 0 Å². The van der Waals surface area contributed by atoms with E-state index >= 15 is 0 Å². The second kappa shape index (κ2) is 8.83. The standard InChI is InChI=1S/C21H18FNO5S/c1-3-28-21(26)18-19(25)17(9-12-7-8-15(27-2)11-16(12)24)29-20(18)23-14-6-4-5-13(22)10-14/h4-11,24-25H,3H2,1-2H3. The Morgan fingerprint density at radius 2 is 2.03 bits per heavy atom. The summed E-state index contributed by atoms with van der Waals surface area (Å²) >= 11 is 1.02. The Kier molecular flexibility index (Phi) is 6.23. The van der Waals surface area contributed by atoms with Crippen molar-refractivity contribution in [3.8, 4) is 11.5 Å². The van der Waals surface area contributed by atoms with Gasteiger partial charge in [-0.05, 0) is 43.3 Å². The third-order valence-corrected chi connectivity index (χ3v) is 4.95. The van der Waals surface area contributed by atoms with Crippen LogP contribution in [0.1, 0.15) is 12.5 Å². The monoisotopic (exact) mass is 415 g/mol. The van der Waals surface area contributed by atoms with Gasteiger partial charge in [-0.2, -0.15) is 0 Å². The fourth-order valence-electron chi connectivity index (χ4n) is 2.57. The number of aliphatic hydroxyl groups is 1. The van der Waals surface area contributed by atoms with Crippen molar-refractivity contribution in [2.75, 3.05) is 13.7 Å². The summed E-state index contributed by atoms with van der Waals surface area (Å²) < 4.78 is 23.6. The zero-order valence-corrected chi connectivity index (χ0v) is 16.5. The summed E-state index contributed by atoms with van der Waals surface area (Å²) in [6.45, 7) is 1.76. The lowest BCUT2D eigenvalue weighted by Crippen LogP contribution is -2.12. The Morgan fingerprint density at radius 3 is 2.69 bits per heavy atom. The molecule has 0 saturated carbocycles. The molecule has 2 aromatic carbocycles. The van der Waals surface area contributed by atoms with Gasteiger partial charge in [0.2, 0.25) is 0 Å². The van der Waals surface area contributed by atoms with Gasteiger partial charge < -0.3 is 19.7 Å². The number of rotatable bonds is 5. The van der Waals surface area contributed by atoms with Crippen LogP contribution in [-0.4, -0.2) is 34.9 Å². The van der Waals surface area contributed by atoms with E-state index < -0.39 is 11.8 Å². The number of carbonyl (C=O) groups is 1. The van der Waals surface area contributed by atoms with Gasteiger partial charge >= 0.3 is 5.97 Å². The van der Waals surface area contributed by atoms with Crippen molar-refractivity contribution in [3.63, 3.8) is 0 Å². The van der Waals surface area contributed by atoms with E-state index in [0.717, 1.165) is 11.8 Å². The second-order valence-corrected chi connectivity index (χ2v) is 6.91. The number of benzene rings is 2. The van der Waals surface area contributed by atoms with Crippen molar-refractivity contribution >= 4 is 34.5 Å². The lowest BCUT2D eigenvalue weighted by atomic mass is 10.1. The number of phenolic OH excluding ortho intramolecular Hbond substituents is 1. The molecule has 0 aliphatic carbocycles. The van der Waals surface area contributed by atoms with Crippen molar-refractivity contribution < 1.29 is 28.9 Å². The van der Waals surface area contributed by atoms with Crippen LogP contribution in [0.25, 0.3) is 6.08 Å². The van der Waals surface area contributed by atoms with Crippen molar-refractivity contribution in [2.24, 2.45) is 4.99 Å². The predicted octanol–water partition coefficient (Wildman–Crippen LogP) is 4.73. The molecular weight excluding hydrogens is 397 g/mol. The molecule has 6 nitrogen and oxygen atoms in total. The number of phenols is 1. The number of aliphatic imine (C=N–C) groups is 1. The summed E-state index contributed by atoms with van der Waals surface area (Å²) in [5.41, 5.74) is 0.589. The van der Waals surface area contributed by atoms with E-state index in [4.69, 9.17) is 9.47 Å². The van der Waals surface area contributed by atoms with E-state index in [0.29, 0.717) is 16.2 Å². The third-order valence-electron chi connectivity index (χ3n) is 3.93. The van der Waals surface area contributed by atoms with Crippen LogP contribution in [0.15, 0.2) is 63.7 Å². The van der Waals surface area contributed by atoms with E-state index in [9.17, 15) is 19.4 Å². The van der Waals surface area contributed by atoms with Crippen LogP contribution in [0.2, 0.25) is 0 Å². The first kappa shape index (κ1) is 20.5. The van der Waals surface area contributed by atoms with Gasteiger partial charge in [0.05, 0.1) is 24.3 Å². The van der Waals surface area contributed by atoms with Gasteiger partial charge in [0, 0.05) is 11.6 Å². The summed E-state index contributed by atoms with van der Waals surface area (Å²) in [4.78, 5) is 17.0. The molecule has 0 unspecified atom stereocenters. The highest BCUT2D eigenvalue weighted by atomic mass is 32.2. The smallest absolute Gasteiger partial charge is 0.344 e. The molecule has 0 aromatic heterocycles. The van der Waals surface area contributed by atoms with Gasteiger partial charge in [-0.25, -0.2) is 14.2 Å². The lowest BCUT2D eigenvalue weighted by molar-refractivity contribution is -0.138. The molecule has 0 saturated heterocycles. The predicted molar refractivity (Wildman–Crippen MR) is 110 cm³/mol. The van der Waals surface area contributed by atoms with Gasteiger partial charge in [0.1, 0.15) is 33.7 Å². The number of esters is 1. The number of carbonyl (C=O) groups excluding carboxylic acids is 1. The van der Waals surface area contributed by atoms with Crippen molar-refractivity contribution in [1.82, 2.24) is 0 Å². The number of aliphatic hydroxyl groups excluding tert-OH is 1. The molecule has 1 aliphatic rings. The Balaban J connectivity index is 2.05. The number of methoxy groups -OCH3 is 1. The van der Waals surface area contributed by atoms with E-state index in [-0.39, 0.29) is 34.4 Å². The molecule has 1 heterocycles. The van der Waals surface area contributed by atoms with Crippen molar-refractivity contribution in [1.29, 1.82) is 0 Å². The number of nitrogens with zero attached hydrogens (tertiary/aromatic N) is 1. The Morgan fingerprint density at radius 1 is 1.24 bits per heavy atom. The Hall–Kier alpha value is -3.26. The summed E-state index contributed by atoms with van der Waals surface area (Å²) in [6.07, 6.45) is 1.52. The van der Waals surface area contributed by atoms with Gasteiger partial charge in [0.25, 0.3) is 0 Å². The zero-order chi connectivity index (χ0) is 21.0. The molecule has 2 N–H and O–H groups in total. The fraction of sp³-hybridized carbons (Fsp3) is 0.143. The maximum absolute atomic E-state index is 13.5. The Bertz CT molecular complexity index is 1050. The second-order valence-electron chi connectivity index (χ2n) is 5.88. The maximum atomic E-state index is 13.5. The number of hydrogen-bond donors (Lipinski definition) is 2. The van der Waals surface area contributed by atoms with Crippen molar-refractivity contribution in [3.05, 3.63) is 70.1 Å². The number of halogens is 1. The molecule has 0 spiro atoms. The summed E-state index contributed by atoms with van der Waals surface area (Å²) in [7, 11) is 1.48. The molecular formula is C21H18FNO5S. The summed E-state index contributed by atoms with van der Waals surface area (Å²) in [5.74, 6) is -1.11. The molecule has 29 heavy (non-hydrogen) atoms. The average Bonchev–Trinajstić information content (AvgIpc) is 2.98. The first-order valence-electron chi connectivity index (χ1n) is 8.64. The van der Waals surface area contributed by atoms with Crippen LogP contribution in [-0.2, 0) is 9.53 Å². The SMILES string of the molecule is CCOC(=O)C1=C(O)C(=Cc2ccc(OC)cc2O)SC1=Nc1cccc(F)c1. The van der Waals surface area contributed by atoms with Crippen LogP contribution < -0.4 is 4.74 Å². The number of aromatic hydroxyl groups is 1. The first-order chi connectivity index (χ1) is 13.9. The molecule has 150 valence electrons. The minimum Gasteiger partial charge on any atom is -0.507 e. The molecule has 0 radical (unpaired) electrons. The molecule has 3 rings (SSSR count). The van der Waals surface area contributed by atoms with E-state index in [1.54, 1.807) is 25.1 Å². The molecule has 0 bridgehead atoms. The van der Waals surface area contributed by atoms with Crippen LogP contribution in [0.4, 0.5) is 10.1 Å². The highest BCUT2D eigenvalue weighted by Gasteiger charge is 2.33. The number of hydrogen-bond acceptors (Lipinski definition) is 7. The van der Waals surface area contributed by atoms with Gasteiger partial charge in [-0.1, -0.05) is 17.8 Å². The highest BCUT2D eigenvalue weighted by Crippen LogP contribution is 2.41. The maximum Gasteiger partial charge on any atom is 0.344 e. The van der Waals surface area contributed by atoms with E-state index in [2.05, 4.69) is 4.99 Å². The first-order valence-corrected chi connectivity index (χ1v) is 9.46. The van der Waals surface area contributed by atoms with Crippen LogP contribution >= 0.6 is 11.8 Å². The zero-order valence-electron chi connectivity index (χ0n) is 15.7. The van der Waals surface area contributed by atoms with Gasteiger partial charge in [-0.15, -0.1) is 0 Å². The summed E-state index contributed by atoms with van der Waals surface area (Å²) in [6, 6.07) is 10.3. The summed E-state index contributed by atoms with van der Waals surface area (Å²) in [5, 5.41) is 21.0.